The van der Waals surface area contributed by atoms with Gasteiger partial charge in [-0.3, -0.25) is 15.0 Å². The van der Waals surface area contributed by atoms with Crippen molar-refractivity contribution in [2.75, 3.05) is 31.1 Å². The summed E-state index contributed by atoms with van der Waals surface area (Å²) in [7, 11) is 0. The molecule has 7 nitrogen and oxygen atoms in total. The summed E-state index contributed by atoms with van der Waals surface area (Å²) in [5.41, 5.74) is 0.759. The highest BCUT2D eigenvalue weighted by molar-refractivity contribution is 6.30. The minimum atomic E-state index is -0.361. The van der Waals surface area contributed by atoms with Gasteiger partial charge in [-0.15, -0.1) is 0 Å². The monoisotopic (exact) mass is 333 g/mol. The lowest BCUT2D eigenvalue weighted by Crippen LogP contribution is -2.46. The highest BCUT2D eigenvalue weighted by Gasteiger charge is 2.22. The van der Waals surface area contributed by atoms with Crippen LogP contribution in [0.5, 0.6) is 0 Å². The molecule has 1 saturated heterocycles. The molecule has 1 aliphatic heterocycles. The Morgan fingerprint density at radius 1 is 1.17 bits per heavy atom. The number of aromatic nitrogens is 2. The van der Waals surface area contributed by atoms with E-state index in [1.165, 1.54) is 6.07 Å². The van der Waals surface area contributed by atoms with Crippen molar-refractivity contribution in [1.29, 1.82) is 0 Å². The van der Waals surface area contributed by atoms with E-state index < -0.39 is 0 Å². The number of nitro groups is 1. The van der Waals surface area contributed by atoms with E-state index in [-0.39, 0.29) is 10.6 Å². The van der Waals surface area contributed by atoms with Crippen molar-refractivity contribution in [2.24, 2.45) is 0 Å². The molecule has 0 aliphatic carbocycles. The molecule has 1 aromatic carbocycles. The van der Waals surface area contributed by atoms with E-state index in [4.69, 9.17) is 11.6 Å². The van der Waals surface area contributed by atoms with E-state index in [9.17, 15) is 10.1 Å². The second-order valence-corrected chi connectivity index (χ2v) is 5.78. The van der Waals surface area contributed by atoms with Crippen LogP contribution in [-0.4, -0.2) is 46.0 Å². The maximum Gasteiger partial charge on any atom is 0.273 e. The van der Waals surface area contributed by atoms with Crippen LogP contribution in [-0.2, 0) is 6.54 Å². The Hall–Kier alpha value is -2.25. The summed E-state index contributed by atoms with van der Waals surface area (Å²) < 4.78 is 0. The third-order valence-electron chi connectivity index (χ3n) is 3.84. The van der Waals surface area contributed by atoms with E-state index >= 15 is 0 Å². The van der Waals surface area contributed by atoms with Crippen LogP contribution in [0.15, 0.2) is 36.7 Å². The first-order valence-electron chi connectivity index (χ1n) is 7.30. The topological polar surface area (TPSA) is 75.4 Å². The molecule has 0 atom stereocenters. The molecule has 0 N–H and O–H groups in total. The minimum absolute atomic E-state index is 0.114. The van der Waals surface area contributed by atoms with Crippen molar-refractivity contribution in [2.45, 2.75) is 6.54 Å². The first-order valence-corrected chi connectivity index (χ1v) is 7.68. The number of halogens is 1. The molecular formula is C15H16ClN5O2. The predicted molar refractivity (Wildman–Crippen MR) is 87.6 cm³/mol. The Balaban J connectivity index is 1.65. The fraction of sp³-hybridized carbons (Fsp3) is 0.333. The van der Waals surface area contributed by atoms with E-state index in [1.807, 2.05) is 0 Å². The molecule has 0 saturated carbocycles. The molecule has 120 valence electrons. The molecule has 2 heterocycles. The summed E-state index contributed by atoms with van der Waals surface area (Å²) >= 11 is 5.98. The Bertz CT molecular complexity index is 690. The number of nitro benzene ring substituents is 1. The maximum atomic E-state index is 11.1. The molecular weight excluding hydrogens is 318 g/mol. The quantitative estimate of drug-likeness (QED) is 0.631. The Morgan fingerprint density at radius 2 is 1.87 bits per heavy atom. The fourth-order valence-corrected chi connectivity index (χ4v) is 2.85. The molecule has 0 amide bonds. The number of piperazine rings is 1. The molecule has 0 radical (unpaired) electrons. The molecule has 8 heteroatoms. The molecule has 3 rings (SSSR count). The zero-order valence-corrected chi connectivity index (χ0v) is 13.2. The number of rotatable bonds is 4. The third kappa shape index (κ3) is 3.75. The van der Waals surface area contributed by atoms with Gasteiger partial charge in [0.1, 0.15) is 0 Å². The van der Waals surface area contributed by atoms with Crippen molar-refractivity contribution in [3.63, 3.8) is 0 Å². The lowest BCUT2D eigenvalue weighted by Gasteiger charge is -2.34. The van der Waals surface area contributed by atoms with Gasteiger partial charge in [0.15, 0.2) is 0 Å². The second-order valence-electron chi connectivity index (χ2n) is 5.34. The normalized spacial score (nSPS) is 15.6. The van der Waals surface area contributed by atoms with E-state index in [0.717, 1.165) is 32.1 Å². The van der Waals surface area contributed by atoms with Crippen molar-refractivity contribution >= 4 is 23.2 Å². The van der Waals surface area contributed by atoms with Crippen molar-refractivity contribution in [1.82, 2.24) is 14.9 Å². The summed E-state index contributed by atoms with van der Waals surface area (Å²) in [4.78, 5) is 23.6. The SMILES string of the molecule is O=[N+]([O-])c1ccc(Cl)cc1CN1CCN(c2ncccn2)CC1. The Labute approximate surface area is 138 Å². The second kappa shape index (κ2) is 6.89. The first-order chi connectivity index (χ1) is 11.1. The third-order valence-corrected chi connectivity index (χ3v) is 4.07. The van der Waals surface area contributed by atoms with Gasteiger partial charge in [0, 0.05) is 61.8 Å². The molecule has 0 spiro atoms. The highest BCUT2D eigenvalue weighted by Crippen LogP contribution is 2.24. The minimum Gasteiger partial charge on any atom is -0.338 e. The number of benzene rings is 1. The van der Waals surface area contributed by atoms with Crippen LogP contribution in [0, 0.1) is 10.1 Å². The van der Waals surface area contributed by atoms with Crippen LogP contribution in [0.3, 0.4) is 0 Å². The van der Waals surface area contributed by atoms with Gasteiger partial charge in [0.2, 0.25) is 5.95 Å². The summed E-state index contributed by atoms with van der Waals surface area (Å²) in [5.74, 6) is 0.723. The largest absolute Gasteiger partial charge is 0.338 e. The van der Waals surface area contributed by atoms with Crippen molar-refractivity contribution < 1.29 is 4.92 Å². The van der Waals surface area contributed by atoms with Crippen LogP contribution < -0.4 is 4.90 Å². The van der Waals surface area contributed by atoms with Crippen LogP contribution in [0.4, 0.5) is 11.6 Å². The lowest BCUT2D eigenvalue weighted by molar-refractivity contribution is -0.385. The first kappa shape index (κ1) is 15.6. The Kier molecular flexibility index (Phi) is 4.68. The average molecular weight is 334 g/mol. The number of nitrogens with zero attached hydrogens (tertiary/aromatic N) is 5. The predicted octanol–water partition coefficient (Wildman–Crippen LogP) is 2.36. The lowest BCUT2D eigenvalue weighted by atomic mass is 10.1. The summed E-state index contributed by atoms with van der Waals surface area (Å²) in [5, 5.41) is 11.6. The molecule has 1 fully saturated rings. The molecule has 0 bridgehead atoms. The zero-order valence-electron chi connectivity index (χ0n) is 12.4. The van der Waals surface area contributed by atoms with Crippen LogP contribution in [0.25, 0.3) is 0 Å². The van der Waals surface area contributed by atoms with Gasteiger partial charge in [-0.1, -0.05) is 11.6 Å². The van der Waals surface area contributed by atoms with Crippen LogP contribution >= 0.6 is 11.6 Å². The smallest absolute Gasteiger partial charge is 0.273 e. The zero-order chi connectivity index (χ0) is 16.2. The highest BCUT2D eigenvalue weighted by atomic mass is 35.5. The van der Waals surface area contributed by atoms with Gasteiger partial charge in [0.05, 0.1) is 4.92 Å². The van der Waals surface area contributed by atoms with Gasteiger partial charge in [-0.2, -0.15) is 0 Å². The van der Waals surface area contributed by atoms with Gasteiger partial charge in [-0.05, 0) is 18.2 Å². The van der Waals surface area contributed by atoms with E-state index in [2.05, 4.69) is 19.8 Å². The average Bonchev–Trinajstić information content (AvgIpc) is 2.56. The van der Waals surface area contributed by atoms with Crippen molar-refractivity contribution in [3.05, 3.63) is 57.4 Å². The maximum absolute atomic E-state index is 11.1. The van der Waals surface area contributed by atoms with Gasteiger partial charge in [-0.25, -0.2) is 9.97 Å². The van der Waals surface area contributed by atoms with Gasteiger partial charge in [0.25, 0.3) is 5.69 Å². The summed E-state index contributed by atoms with van der Waals surface area (Å²) in [6.45, 7) is 3.68. The van der Waals surface area contributed by atoms with Crippen molar-refractivity contribution in [3.8, 4) is 0 Å². The molecule has 1 aliphatic rings. The molecule has 23 heavy (non-hydrogen) atoms. The van der Waals surface area contributed by atoms with E-state index in [1.54, 1.807) is 30.6 Å². The van der Waals surface area contributed by atoms with Crippen LogP contribution in [0.1, 0.15) is 5.56 Å². The molecule has 1 aromatic heterocycles. The molecule has 0 unspecified atom stereocenters. The summed E-state index contributed by atoms with van der Waals surface area (Å²) in [6.07, 6.45) is 3.45. The molecule has 2 aromatic rings. The van der Waals surface area contributed by atoms with Crippen LogP contribution in [0.2, 0.25) is 5.02 Å². The number of hydrogen-bond donors (Lipinski definition) is 0. The Morgan fingerprint density at radius 3 is 2.52 bits per heavy atom. The number of hydrogen-bond acceptors (Lipinski definition) is 6. The standard InChI is InChI=1S/C15H16ClN5O2/c16-13-2-3-14(21(22)23)12(10-13)11-19-6-8-20(9-7-19)15-17-4-1-5-18-15/h1-5,10H,6-9,11H2. The van der Waals surface area contributed by atoms with Gasteiger partial charge < -0.3 is 4.90 Å². The van der Waals surface area contributed by atoms with Gasteiger partial charge >= 0.3 is 0 Å². The summed E-state index contributed by atoms with van der Waals surface area (Å²) in [6, 6.07) is 6.48. The van der Waals surface area contributed by atoms with E-state index in [0.29, 0.717) is 17.1 Å². The number of anilines is 1. The fourth-order valence-electron chi connectivity index (χ4n) is 2.66.